The number of nitrogens with zero attached hydrogens (tertiary/aromatic N) is 1. The van der Waals surface area contributed by atoms with Crippen LogP contribution in [-0.2, 0) is 18.9 Å². The number of carbonyl (C=O) groups excluding carboxylic acids is 2. The van der Waals surface area contributed by atoms with Crippen LogP contribution in [0.5, 0.6) is 0 Å². The molecule has 1 heterocycles. The molecule has 2 rings (SSSR count). The van der Waals surface area contributed by atoms with Gasteiger partial charge in [-0.25, -0.2) is 14.5 Å². The van der Waals surface area contributed by atoms with Gasteiger partial charge in [0.05, 0.1) is 30.3 Å². The second kappa shape index (κ2) is 8.98. The second-order valence-electron chi connectivity index (χ2n) is 5.73. The van der Waals surface area contributed by atoms with Gasteiger partial charge in [-0.3, -0.25) is 0 Å². The van der Waals surface area contributed by atoms with Crippen molar-refractivity contribution < 1.29 is 28.5 Å². The maximum Gasteiger partial charge on any atom is 0.515 e. The summed E-state index contributed by atoms with van der Waals surface area (Å²) in [5.41, 5.74) is 2.73. The van der Waals surface area contributed by atoms with E-state index in [1.807, 2.05) is 31.2 Å². The zero-order chi connectivity index (χ0) is 20.0. The average Bonchev–Trinajstić information content (AvgIpc) is 2.59. The number of hydrogen-bond acceptors (Lipinski definition) is 8. The topological polar surface area (TPSA) is 86.3 Å². The van der Waals surface area contributed by atoms with Crippen molar-refractivity contribution >= 4 is 18.0 Å². The van der Waals surface area contributed by atoms with Gasteiger partial charge in [0.15, 0.2) is 0 Å². The lowest BCUT2D eigenvalue weighted by Crippen LogP contribution is -2.37. The van der Waals surface area contributed by atoms with Crippen LogP contribution in [0.25, 0.3) is 0 Å². The van der Waals surface area contributed by atoms with Crippen LogP contribution < -0.4 is 10.2 Å². The number of benzene rings is 1. The first-order valence-electron chi connectivity index (χ1n) is 8.62. The van der Waals surface area contributed by atoms with Crippen molar-refractivity contribution in [2.75, 3.05) is 18.1 Å². The molecule has 146 valence electrons. The molecule has 1 aromatic carbocycles. The Morgan fingerprint density at radius 2 is 1.44 bits per heavy atom. The summed E-state index contributed by atoms with van der Waals surface area (Å²) in [5, 5.41) is 3.04. The number of ether oxygens (including phenoxy) is 4. The predicted molar refractivity (Wildman–Crippen MR) is 98.4 cm³/mol. The molecule has 0 saturated heterocycles. The van der Waals surface area contributed by atoms with E-state index >= 15 is 0 Å². The molecule has 0 spiro atoms. The molecule has 8 nitrogen and oxygen atoms in total. The largest absolute Gasteiger partial charge is 0.515 e. The Labute approximate surface area is 158 Å². The second-order valence-corrected chi connectivity index (χ2v) is 5.73. The van der Waals surface area contributed by atoms with E-state index in [0.717, 1.165) is 5.56 Å². The molecule has 0 aliphatic carbocycles. The lowest BCUT2D eigenvalue weighted by molar-refractivity contribution is 0.0690. The predicted octanol–water partition coefficient (Wildman–Crippen LogP) is 4.13. The van der Waals surface area contributed by atoms with E-state index in [0.29, 0.717) is 17.1 Å². The summed E-state index contributed by atoms with van der Waals surface area (Å²) in [5.74, 6) is 0.285. The van der Waals surface area contributed by atoms with Crippen molar-refractivity contribution in [3.63, 3.8) is 0 Å². The van der Waals surface area contributed by atoms with Gasteiger partial charge in [-0.2, -0.15) is 0 Å². The number of allylic oxidation sites excluding steroid dienone is 2. The van der Waals surface area contributed by atoms with Crippen LogP contribution in [0.4, 0.5) is 15.3 Å². The standard InChI is InChI=1S/C19H24N2O6/c1-6-24-18(22)26-16-13(4)20-14(5)17(27-19(23)25-7-2)21(16)15-10-8-9-12(3)11-15/h8-11,20H,6-7H2,1-5H3. The fraction of sp³-hybridized carbons (Fsp3) is 0.368. The van der Waals surface area contributed by atoms with Gasteiger partial charge in [0.1, 0.15) is 0 Å². The summed E-state index contributed by atoms with van der Waals surface area (Å²) in [4.78, 5) is 25.4. The average molecular weight is 376 g/mol. The monoisotopic (exact) mass is 376 g/mol. The quantitative estimate of drug-likeness (QED) is 0.768. The normalized spacial score (nSPS) is 13.9. The van der Waals surface area contributed by atoms with Gasteiger partial charge in [-0.15, -0.1) is 0 Å². The van der Waals surface area contributed by atoms with Crippen LogP contribution in [0.15, 0.2) is 47.4 Å². The molecule has 0 aromatic heterocycles. The first-order valence-corrected chi connectivity index (χ1v) is 8.62. The van der Waals surface area contributed by atoms with Crippen LogP contribution in [0.3, 0.4) is 0 Å². The van der Waals surface area contributed by atoms with Crippen molar-refractivity contribution in [2.45, 2.75) is 34.6 Å². The summed E-state index contributed by atoms with van der Waals surface area (Å²) in [6.07, 6.45) is -1.72. The minimum atomic E-state index is -0.860. The number of aryl methyl sites for hydroxylation is 1. The van der Waals surface area contributed by atoms with E-state index < -0.39 is 12.3 Å². The minimum absolute atomic E-state index is 0.143. The first kappa shape index (κ1) is 20.2. The van der Waals surface area contributed by atoms with Gasteiger partial charge >= 0.3 is 12.3 Å². The minimum Gasteiger partial charge on any atom is -0.434 e. The summed E-state index contributed by atoms with van der Waals surface area (Å²) in [7, 11) is 0. The van der Waals surface area contributed by atoms with Gasteiger partial charge in [-0.05, 0) is 52.3 Å². The van der Waals surface area contributed by atoms with Crippen molar-refractivity contribution in [3.8, 4) is 0 Å². The Bertz CT molecular complexity index is 742. The van der Waals surface area contributed by atoms with Gasteiger partial charge in [-0.1, -0.05) is 12.1 Å². The van der Waals surface area contributed by atoms with Gasteiger partial charge in [0.25, 0.3) is 0 Å². The summed E-state index contributed by atoms with van der Waals surface area (Å²) >= 11 is 0. The van der Waals surface area contributed by atoms with Gasteiger partial charge in [0, 0.05) is 0 Å². The Hall–Kier alpha value is -3.16. The SMILES string of the molecule is CCOC(=O)OC1=C(C)NC(C)=C(OC(=O)OCC)N1c1cccc(C)c1. The van der Waals surface area contributed by atoms with Crippen molar-refractivity contribution in [1.29, 1.82) is 0 Å². The Balaban J connectivity index is 2.49. The molecule has 0 saturated carbocycles. The Kier molecular flexibility index (Phi) is 6.70. The zero-order valence-corrected chi connectivity index (χ0v) is 16.1. The summed E-state index contributed by atoms with van der Waals surface area (Å²) < 4.78 is 20.5. The van der Waals surface area contributed by atoms with Gasteiger partial charge < -0.3 is 24.3 Å². The highest BCUT2D eigenvalue weighted by Crippen LogP contribution is 2.32. The zero-order valence-electron chi connectivity index (χ0n) is 16.1. The lowest BCUT2D eigenvalue weighted by Gasteiger charge is -2.33. The number of carbonyl (C=O) groups is 2. The highest BCUT2D eigenvalue weighted by atomic mass is 16.7. The molecule has 0 unspecified atom stereocenters. The molecular formula is C19H24N2O6. The molecule has 8 heteroatoms. The molecule has 0 bridgehead atoms. The van der Waals surface area contributed by atoms with Crippen molar-refractivity contribution in [1.82, 2.24) is 5.32 Å². The van der Waals surface area contributed by atoms with Crippen LogP contribution in [0.2, 0.25) is 0 Å². The highest BCUT2D eigenvalue weighted by Gasteiger charge is 2.32. The molecule has 1 aliphatic rings. The fourth-order valence-electron chi connectivity index (χ4n) is 2.51. The lowest BCUT2D eigenvalue weighted by atomic mass is 10.2. The smallest absolute Gasteiger partial charge is 0.434 e. The molecule has 1 N–H and O–H groups in total. The van der Waals surface area contributed by atoms with Crippen LogP contribution >= 0.6 is 0 Å². The summed E-state index contributed by atoms with van der Waals surface area (Å²) in [6, 6.07) is 7.45. The molecule has 1 aliphatic heterocycles. The van der Waals surface area contributed by atoms with E-state index in [2.05, 4.69) is 5.32 Å². The third-order valence-electron chi connectivity index (χ3n) is 3.57. The van der Waals surface area contributed by atoms with E-state index in [1.165, 1.54) is 4.90 Å². The van der Waals surface area contributed by atoms with E-state index in [4.69, 9.17) is 18.9 Å². The number of nitrogens with one attached hydrogen (secondary N) is 1. The Morgan fingerprint density at radius 3 is 1.89 bits per heavy atom. The highest BCUT2D eigenvalue weighted by molar-refractivity contribution is 5.69. The maximum atomic E-state index is 11.9. The van der Waals surface area contributed by atoms with Crippen molar-refractivity contribution in [3.05, 3.63) is 53.0 Å². The van der Waals surface area contributed by atoms with E-state index in [-0.39, 0.29) is 25.0 Å². The number of rotatable bonds is 5. The third-order valence-corrected chi connectivity index (χ3v) is 3.57. The van der Waals surface area contributed by atoms with E-state index in [1.54, 1.807) is 27.7 Å². The molecular weight excluding hydrogens is 352 g/mol. The fourth-order valence-corrected chi connectivity index (χ4v) is 2.51. The van der Waals surface area contributed by atoms with Crippen molar-refractivity contribution in [2.24, 2.45) is 0 Å². The maximum absolute atomic E-state index is 11.9. The Morgan fingerprint density at radius 1 is 0.926 bits per heavy atom. The van der Waals surface area contributed by atoms with Crippen LogP contribution in [0.1, 0.15) is 33.3 Å². The number of hydrogen-bond donors (Lipinski definition) is 1. The molecule has 0 fully saturated rings. The van der Waals surface area contributed by atoms with Gasteiger partial charge in [0.2, 0.25) is 11.8 Å². The number of anilines is 1. The van der Waals surface area contributed by atoms with Crippen LogP contribution in [-0.4, -0.2) is 25.5 Å². The molecule has 0 atom stereocenters. The van der Waals surface area contributed by atoms with E-state index in [9.17, 15) is 9.59 Å². The molecule has 27 heavy (non-hydrogen) atoms. The molecule has 1 aromatic rings. The molecule has 0 amide bonds. The molecule has 0 radical (unpaired) electrons. The van der Waals surface area contributed by atoms with Crippen LogP contribution in [0, 0.1) is 6.92 Å². The third kappa shape index (κ3) is 4.93. The summed E-state index contributed by atoms with van der Waals surface area (Å²) in [6.45, 7) is 9.10. The first-order chi connectivity index (χ1) is 12.9.